The molecule has 2 aliphatic carbocycles. The van der Waals surface area contributed by atoms with E-state index in [0.717, 1.165) is 49.8 Å². The summed E-state index contributed by atoms with van der Waals surface area (Å²) in [5.74, 6) is 1.90. The molecule has 0 atom stereocenters. The molecule has 0 fully saturated rings. The van der Waals surface area contributed by atoms with Crippen molar-refractivity contribution < 1.29 is 4.42 Å². The molecule has 61 heavy (non-hydrogen) atoms. The molecule has 2 heterocycles. The number of rotatable bonds is 5. The molecule has 0 saturated heterocycles. The van der Waals surface area contributed by atoms with E-state index in [9.17, 15) is 0 Å². The molecule has 290 valence electrons. The number of benzene rings is 8. The van der Waals surface area contributed by atoms with Crippen molar-refractivity contribution >= 4 is 21.9 Å². The Morgan fingerprint density at radius 3 is 1.43 bits per heavy atom. The highest BCUT2D eigenvalue weighted by molar-refractivity contribution is 6.13. The van der Waals surface area contributed by atoms with Crippen LogP contribution in [0.2, 0.25) is 0 Å². The van der Waals surface area contributed by atoms with Crippen molar-refractivity contribution in [1.29, 1.82) is 0 Å². The third kappa shape index (κ3) is 5.28. The van der Waals surface area contributed by atoms with Crippen molar-refractivity contribution in [2.75, 3.05) is 0 Å². The molecular formula is C57H41N3O. The second kappa shape index (κ2) is 13.0. The summed E-state index contributed by atoms with van der Waals surface area (Å²) in [5.41, 5.74) is 18.9. The second-order valence-electron chi connectivity index (χ2n) is 17.5. The van der Waals surface area contributed by atoms with E-state index in [4.69, 9.17) is 19.4 Å². The zero-order valence-electron chi connectivity index (χ0n) is 34.5. The lowest BCUT2D eigenvalue weighted by Gasteiger charge is -2.21. The summed E-state index contributed by atoms with van der Waals surface area (Å²) in [6.45, 7) is 9.25. The van der Waals surface area contributed by atoms with Crippen molar-refractivity contribution in [3.63, 3.8) is 0 Å². The lowest BCUT2D eigenvalue weighted by atomic mass is 9.82. The molecule has 2 aliphatic rings. The zero-order chi connectivity index (χ0) is 41.0. The molecule has 8 aromatic carbocycles. The van der Waals surface area contributed by atoms with Crippen molar-refractivity contribution in [3.8, 4) is 78.7 Å². The lowest BCUT2D eigenvalue weighted by Crippen LogP contribution is -2.15. The predicted octanol–water partition coefficient (Wildman–Crippen LogP) is 14.7. The third-order valence-corrected chi connectivity index (χ3v) is 13.4. The lowest BCUT2D eigenvalue weighted by molar-refractivity contribution is 0.660. The Morgan fingerprint density at radius 2 is 0.803 bits per heavy atom. The smallest absolute Gasteiger partial charge is 0.164 e. The quantitative estimate of drug-likeness (QED) is 0.174. The van der Waals surface area contributed by atoms with Gasteiger partial charge in [0.2, 0.25) is 0 Å². The van der Waals surface area contributed by atoms with Crippen molar-refractivity contribution in [3.05, 3.63) is 198 Å². The molecular weight excluding hydrogens is 743 g/mol. The van der Waals surface area contributed by atoms with Crippen LogP contribution in [0.15, 0.2) is 180 Å². The van der Waals surface area contributed by atoms with Crippen LogP contribution < -0.4 is 0 Å². The largest absolute Gasteiger partial charge is 0.456 e. The van der Waals surface area contributed by atoms with E-state index >= 15 is 0 Å². The Balaban J connectivity index is 1.05. The molecule has 0 unspecified atom stereocenters. The summed E-state index contributed by atoms with van der Waals surface area (Å²) in [7, 11) is 0. The Bertz CT molecular complexity index is 3290. The van der Waals surface area contributed by atoms with E-state index in [1.807, 2.05) is 0 Å². The summed E-state index contributed by atoms with van der Waals surface area (Å²) in [5, 5.41) is 2.14. The van der Waals surface area contributed by atoms with Crippen LogP contribution in [-0.2, 0) is 10.8 Å². The van der Waals surface area contributed by atoms with Crippen molar-refractivity contribution in [1.82, 2.24) is 15.0 Å². The van der Waals surface area contributed by atoms with Gasteiger partial charge in [-0.2, -0.15) is 0 Å². The van der Waals surface area contributed by atoms with Gasteiger partial charge in [-0.05, 0) is 85.0 Å². The van der Waals surface area contributed by atoms with Crippen molar-refractivity contribution in [2.24, 2.45) is 0 Å². The van der Waals surface area contributed by atoms with Crippen molar-refractivity contribution in [2.45, 2.75) is 38.5 Å². The molecule has 0 aliphatic heterocycles. The maximum Gasteiger partial charge on any atom is 0.164 e. The maximum atomic E-state index is 6.67. The molecule has 2 aromatic heterocycles. The summed E-state index contributed by atoms with van der Waals surface area (Å²) in [6.07, 6.45) is 0. The first kappa shape index (κ1) is 35.5. The molecule has 0 N–H and O–H groups in total. The molecule has 0 radical (unpaired) electrons. The highest BCUT2D eigenvalue weighted by atomic mass is 16.3. The molecule has 0 bridgehead atoms. The van der Waals surface area contributed by atoms with Gasteiger partial charge in [-0.15, -0.1) is 0 Å². The Kier molecular flexibility index (Phi) is 7.59. The SMILES string of the molecule is CC1(C)c2ccccc2-c2c(-c3nc(-c4ccc5c(c4)oc4cccc(-c6ccc(-c7ccccc7)cc6)c45)nc(-c4cccc5c4-c4ccccc4C5(C)C)n3)cccc21. The zero-order valence-corrected chi connectivity index (χ0v) is 34.5. The van der Waals surface area contributed by atoms with Crippen LogP contribution in [0.5, 0.6) is 0 Å². The topological polar surface area (TPSA) is 51.8 Å². The molecule has 0 amide bonds. The number of hydrogen-bond acceptors (Lipinski definition) is 4. The summed E-state index contributed by atoms with van der Waals surface area (Å²) >= 11 is 0. The minimum Gasteiger partial charge on any atom is -0.456 e. The number of nitrogens with zero attached hydrogens (tertiary/aromatic N) is 3. The Morgan fingerprint density at radius 1 is 0.344 bits per heavy atom. The molecule has 10 aromatic rings. The van der Waals surface area contributed by atoms with Gasteiger partial charge in [0.25, 0.3) is 0 Å². The summed E-state index contributed by atoms with van der Waals surface area (Å²) < 4.78 is 6.67. The maximum absolute atomic E-state index is 6.67. The number of fused-ring (bicyclic) bond motifs is 9. The van der Waals surface area contributed by atoms with E-state index in [2.05, 4.69) is 204 Å². The fraction of sp³-hybridized carbons (Fsp3) is 0.105. The monoisotopic (exact) mass is 783 g/mol. The van der Waals surface area contributed by atoms with Crippen LogP contribution in [0.1, 0.15) is 49.9 Å². The van der Waals surface area contributed by atoms with Gasteiger partial charge in [0.15, 0.2) is 17.5 Å². The molecule has 12 rings (SSSR count). The van der Waals surface area contributed by atoms with Crippen LogP contribution in [0.3, 0.4) is 0 Å². The van der Waals surface area contributed by atoms with Crippen LogP contribution in [-0.4, -0.2) is 15.0 Å². The van der Waals surface area contributed by atoms with E-state index in [1.54, 1.807) is 0 Å². The number of aromatic nitrogens is 3. The standard InChI is InChI=1S/C57H41N3O/c1-56(2)44-22-10-8-17-39(44)50-42(20-12-24-46(50)56)54-58-53(59-55(60-54)43-21-13-25-47-51(43)40-18-9-11-23-45(40)57(47,3)4)37-31-32-41-49(33-37)61-48-26-14-19-38(52(41)48)36-29-27-35(28-30-36)34-15-6-5-7-16-34/h5-33H,1-4H3. The van der Waals surface area contributed by atoms with E-state index in [-0.39, 0.29) is 10.8 Å². The fourth-order valence-corrected chi connectivity index (χ4v) is 10.3. The van der Waals surface area contributed by atoms with E-state index < -0.39 is 0 Å². The highest BCUT2D eigenvalue weighted by Gasteiger charge is 2.39. The first-order chi connectivity index (χ1) is 29.8. The average Bonchev–Trinajstić information content (AvgIpc) is 3.89. The van der Waals surface area contributed by atoms with Gasteiger partial charge >= 0.3 is 0 Å². The Hall–Kier alpha value is -7.43. The van der Waals surface area contributed by atoms with Crippen LogP contribution in [0, 0.1) is 0 Å². The van der Waals surface area contributed by atoms with Gasteiger partial charge in [0, 0.05) is 38.3 Å². The molecule has 0 spiro atoms. The molecule has 0 saturated carbocycles. The van der Waals surface area contributed by atoms with Gasteiger partial charge in [-0.1, -0.05) is 185 Å². The van der Waals surface area contributed by atoms with Gasteiger partial charge in [-0.25, -0.2) is 15.0 Å². The third-order valence-electron chi connectivity index (χ3n) is 13.4. The summed E-state index contributed by atoms with van der Waals surface area (Å²) in [4.78, 5) is 16.1. The van der Waals surface area contributed by atoms with Crippen LogP contribution in [0.25, 0.3) is 101 Å². The minimum atomic E-state index is -0.161. The van der Waals surface area contributed by atoms with Crippen LogP contribution in [0.4, 0.5) is 0 Å². The number of hydrogen-bond donors (Lipinski definition) is 0. The molecule has 4 heteroatoms. The second-order valence-corrected chi connectivity index (χ2v) is 17.5. The van der Waals surface area contributed by atoms with Gasteiger partial charge in [0.05, 0.1) is 0 Å². The molecule has 4 nitrogen and oxygen atoms in total. The average molecular weight is 784 g/mol. The van der Waals surface area contributed by atoms with Crippen LogP contribution >= 0.6 is 0 Å². The van der Waals surface area contributed by atoms with E-state index in [1.165, 1.54) is 55.6 Å². The van der Waals surface area contributed by atoms with Gasteiger partial charge < -0.3 is 4.42 Å². The number of furan rings is 1. The van der Waals surface area contributed by atoms with Gasteiger partial charge in [0.1, 0.15) is 11.2 Å². The fourth-order valence-electron chi connectivity index (χ4n) is 10.3. The van der Waals surface area contributed by atoms with Gasteiger partial charge in [-0.3, -0.25) is 0 Å². The first-order valence-electron chi connectivity index (χ1n) is 21.1. The normalized spacial score (nSPS) is 14.2. The minimum absolute atomic E-state index is 0.161. The first-order valence-corrected chi connectivity index (χ1v) is 21.1. The predicted molar refractivity (Wildman–Crippen MR) is 249 cm³/mol. The Labute approximate surface area is 355 Å². The highest BCUT2D eigenvalue weighted by Crippen LogP contribution is 2.54. The van der Waals surface area contributed by atoms with E-state index in [0.29, 0.717) is 17.5 Å². The summed E-state index contributed by atoms with van der Waals surface area (Å²) in [6, 6.07) is 62.7.